The van der Waals surface area contributed by atoms with E-state index in [2.05, 4.69) is 9.97 Å². The van der Waals surface area contributed by atoms with Gasteiger partial charge < -0.3 is 9.64 Å². The van der Waals surface area contributed by atoms with Crippen molar-refractivity contribution in [3.8, 4) is 5.88 Å². The van der Waals surface area contributed by atoms with E-state index >= 15 is 0 Å². The zero-order valence-electron chi connectivity index (χ0n) is 12.8. The second-order valence-corrected chi connectivity index (χ2v) is 6.80. The average molecular weight is 350 g/mol. The van der Waals surface area contributed by atoms with Crippen LogP contribution in [0.2, 0.25) is 5.02 Å². The summed E-state index contributed by atoms with van der Waals surface area (Å²) < 4.78 is 5.50. The lowest BCUT2D eigenvalue weighted by atomic mass is 10.2. The SMILES string of the molecule is CC(C)Oc1ncc(C(=O)N2CCSc3ncccc32)cc1Cl. The summed E-state index contributed by atoms with van der Waals surface area (Å²) in [5, 5.41) is 1.20. The molecular formula is C16H16ClN3O2S. The Morgan fingerprint density at radius 3 is 3.00 bits per heavy atom. The Labute approximate surface area is 144 Å². The lowest BCUT2D eigenvalue weighted by Crippen LogP contribution is -2.35. The van der Waals surface area contributed by atoms with Gasteiger partial charge in [0, 0.05) is 24.7 Å². The molecule has 7 heteroatoms. The van der Waals surface area contributed by atoms with Crippen LogP contribution in [0.25, 0.3) is 0 Å². The average Bonchev–Trinajstić information content (AvgIpc) is 2.55. The molecule has 0 spiro atoms. The molecule has 0 aromatic carbocycles. The molecule has 3 heterocycles. The first-order valence-corrected chi connectivity index (χ1v) is 8.64. The number of pyridine rings is 2. The van der Waals surface area contributed by atoms with Gasteiger partial charge in [0.2, 0.25) is 5.88 Å². The Balaban J connectivity index is 1.88. The van der Waals surface area contributed by atoms with Crippen molar-refractivity contribution >= 4 is 35.0 Å². The standard InChI is InChI=1S/C16H16ClN3O2S/c1-10(2)22-14-12(17)8-11(9-19-14)16(21)20-6-7-23-15-13(20)4-3-5-18-15/h3-5,8-10H,6-7H2,1-2H3. The number of anilines is 1. The van der Waals surface area contributed by atoms with Crippen LogP contribution in [0.4, 0.5) is 5.69 Å². The molecule has 0 aliphatic carbocycles. The summed E-state index contributed by atoms with van der Waals surface area (Å²) in [5.41, 5.74) is 1.26. The number of amides is 1. The Morgan fingerprint density at radius 2 is 2.26 bits per heavy atom. The second kappa shape index (κ2) is 6.76. The Bertz CT molecular complexity index is 739. The third kappa shape index (κ3) is 3.43. The van der Waals surface area contributed by atoms with Gasteiger partial charge in [0.1, 0.15) is 10.0 Å². The zero-order valence-corrected chi connectivity index (χ0v) is 14.4. The van der Waals surface area contributed by atoms with E-state index < -0.39 is 0 Å². The number of rotatable bonds is 3. The molecule has 1 amide bonds. The highest BCUT2D eigenvalue weighted by atomic mass is 35.5. The number of thioether (sulfide) groups is 1. The van der Waals surface area contributed by atoms with Gasteiger partial charge in [-0.25, -0.2) is 9.97 Å². The second-order valence-electron chi connectivity index (χ2n) is 5.31. The molecule has 2 aromatic rings. The van der Waals surface area contributed by atoms with Crippen LogP contribution in [-0.2, 0) is 0 Å². The van der Waals surface area contributed by atoms with Crippen molar-refractivity contribution in [3.05, 3.63) is 41.2 Å². The van der Waals surface area contributed by atoms with E-state index in [-0.39, 0.29) is 12.0 Å². The molecule has 1 aliphatic rings. The quantitative estimate of drug-likeness (QED) is 0.846. The minimum Gasteiger partial charge on any atom is -0.474 e. The van der Waals surface area contributed by atoms with Crippen LogP contribution < -0.4 is 9.64 Å². The first-order valence-electron chi connectivity index (χ1n) is 7.28. The van der Waals surface area contributed by atoms with Crippen LogP contribution in [-0.4, -0.2) is 34.3 Å². The van der Waals surface area contributed by atoms with E-state index in [1.54, 1.807) is 28.9 Å². The molecular weight excluding hydrogens is 334 g/mol. The summed E-state index contributed by atoms with van der Waals surface area (Å²) in [4.78, 5) is 23.0. The third-order valence-electron chi connectivity index (χ3n) is 3.24. The van der Waals surface area contributed by atoms with Crippen LogP contribution >= 0.6 is 23.4 Å². The molecule has 0 bridgehead atoms. The molecule has 0 unspecified atom stereocenters. The molecule has 0 saturated heterocycles. The normalized spacial score (nSPS) is 13.8. The van der Waals surface area contributed by atoms with Gasteiger partial charge in [0.15, 0.2) is 0 Å². The Morgan fingerprint density at radius 1 is 1.43 bits per heavy atom. The van der Waals surface area contributed by atoms with Crippen molar-refractivity contribution in [2.45, 2.75) is 25.0 Å². The Kier molecular flexibility index (Phi) is 4.73. The van der Waals surface area contributed by atoms with Crippen molar-refractivity contribution < 1.29 is 9.53 Å². The maximum Gasteiger partial charge on any atom is 0.260 e. The monoisotopic (exact) mass is 349 g/mol. The maximum absolute atomic E-state index is 12.8. The van der Waals surface area contributed by atoms with E-state index in [1.807, 2.05) is 26.0 Å². The molecule has 0 N–H and O–H groups in total. The minimum atomic E-state index is -0.134. The number of hydrogen-bond donors (Lipinski definition) is 0. The van der Waals surface area contributed by atoms with Gasteiger partial charge >= 0.3 is 0 Å². The topological polar surface area (TPSA) is 55.3 Å². The van der Waals surface area contributed by atoms with Crippen LogP contribution in [0, 0.1) is 0 Å². The van der Waals surface area contributed by atoms with Gasteiger partial charge in [-0.1, -0.05) is 11.6 Å². The molecule has 0 fully saturated rings. The Hall–Kier alpha value is -1.79. The number of carbonyl (C=O) groups is 1. The summed E-state index contributed by atoms with van der Waals surface area (Å²) in [6.07, 6.45) is 3.21. The number of halogens is 1. The van der Waals surface area contributed by atoms with Gasteiger partial charge in [0.05, 0.1) is 17.4 Å². The summed E-state index contributed by atoms with van der Waals surface area (Å²) in [6.45, 7) is 4.42. The van der Waals surface area contributed by atoms with Gasteiger partial charge in [-0.05, 0) is 32.0 Å². The van der Waals surface area contributed by atoms with Crippen LogP contribution in [0.15, 0.2) is 35.6 Å². The lowest BCUT2D eigenvalue weighted by Gasteiger charge is -2.28. The largest absolute Gasteiger partial charge is 0.474 e. The molecule has 23 heavy (non-hydrogen) atoms. The summed E-state index contributed by atoms with van der Waals surface area (Å²) in [6, 6.07) is 5.33. The number of carbonyl (C=O) groups excluding carboxylic acids is 1. The fraction of sp³-hybridized carbons (Fsp3) is 0.312. The highest BCUT2D eigenvalue weighted by molar-refractivity contribution is 7.99. The molecule has 2 aromatic heterocycles. The fourth-order valence-electron chi connectivity index (χ4n) is 2.27. The van der Waals surface area contributed by atoms with Gasteiger partial charge in [-0.2, -0.15) is 0 Å². The number of fused-ring (bicyclic) bond motifs is 1. The molecule has 120 valence electrons. The smallest absolute Gasteiger partial charge is 0.260 e. The summed E-state index contributed by atoms with van der Waals surface area (Å²) in [7, 11) is 0. The van der Waals surface area contributed by atoms with Crippen LogP contribution in [0.3, 0.4) is 0 Å². The molecule has 1 aliphatic heterocycles. The van der Waals surface area contributed by atoms with E-state index in [0.29, 0.717) is 23.0 Å². The third-order valence-corrected chi connectivity index (χ3v) is 4.49. The van der Waals surface area contributed by atoms with E-state index in [9.17, 15) is 4.79 Å². The number of nitrogens with zero attached hydrogens (tertiary/aromatic N) is 3. The summed E-state index contributed by atoms with van der Waals surface area (Å²) >= 11 is 7.83. The molecule has 0 saturated carbocycles. The van der Waals surface area contributed by atoms with Crippen LogP contribution in [0.1, 0.15) is 24.2 Å². The maximum atomic E-state index is 12.8. The van der Waals surface area contributed by atoms with Crippen molar-refractivity contribution in [1.29, 1.82) is 0 Å². The molecule has 0 radical (unpaired) electrons. The molecule has 3 rings (SSSR count). The number of ether oxygens (including phenoxy) is 1. The van der Waals surface area contributed by atoms with Crippen molar-refractivity contribution in [2.75, 3.05) is 17.2 Å². The summed E-state index contributed by atoms with van der Waals surface area (Å²) in [5.74, 6) is 1.02. The van der Waals surface area contributed by atoms with Gasteiger partial charge in [-0.15, -0.1) is 11.8 Å². The van der Waals surface area contributed by atoms with Crippen molar-refractivity contribution in [1.82, 2.24) is 9.97 Å². The predicted molar refractivity (Wildman–Crippen MR) is 91.6 cm³/mol. The van der Waals surface area contributed by atoms with E-state index in [0.717, 1.165) is 16.5 Å². The number of hydrogen-bond acceptors (Lipinski definition) is 5. The highest BCUT2D eigenvalue weighted by Gasteiger charge is 2.25. The van der Waals surface area contributed by atoms with E-state index in [1.165, 1.54) is 6.20 Å². The zero-order chi connectivity index (χ0) is 16.4. The van der Waals surface area contributed by atoms with Gasteiger partial charge in [-0.3, -0.25) is 4.79 Å². The fourth-order valence-corrected chi connectivity index (χ4v) is 3.41. The lowest BCUT2D eigenvalue weighted by molar-refractivity contribution is 0.0987. The van der Waals surface area contributed by atoms with Crippen molar-refractivity contribution in [2.24, 2.45) is 0 Å². The molecule has 5 nitrogen and oxygen atoms in total. The first-order chi connectivity index (χ1) is 11.1. The highest BCUT2D eigenvalue weighted by Crippen LogP contribution is 2.33. The minimum absolute atomic E-state index is 0.0291. The van der Waals surface area contributed by atoms with E-state index in [4.69, 9.17) is 16.3 Å². The van der Waals surface area contributed by atoms with Gasteiger partial charge in [0.25, 0.3) is 5.91 Å². The molecule has 0 atom stereocenters. The van der Waals surface area contributed by atoms with Crippen molar-refractivity contribution in [3.63, 3.8) is 0 Å². The predicted octanol–water partition coefficient (Wildman–Crippen LogP) is 3.67. The first kappa shape index (κ1) is 16.1. The van der Waals surface area contributed by atoms with Crippen LogP contribution in [0.5, 0.6) is 5.88 Å². The number of aromatic nitrogens is 2.